The minimum absolute atomic E-state index is 0.463. The molecule has 0 saturated heterocycles. The molecule has 0 atom stereocenters. The van der Waals surface area contributed by atoms with Crippen LogP contribution in [0.2, 0.25) is 0 Å². The summed E-state index contributed by atoms with van der Waals surface area (Å²) in [4.78, 5) is 12.5. The van der Waals surface area contributed by atoms with Crippen molar-refractivity contribution < 1.29 is 13.2 Å². The van der Waals surface area contributed by atoms with Crippen LogP contribution in [0.15, 0.2) is 24.5 Å². The first-order chi connectivity index (χ1) is 14.7. The van der Waals surface area contributed by atoms with Crippen LogP contribution >= 0.6 is 0 Å². The Morgan fingerprint density at radius 3 is 2.16 bits per heavy atom. The number of benzene rings is 1. The van der Waals surface area contributed by atoms with E-state index in [-0.39, 0.29) is 0 Å². The molecule has 3 aliphatic rings. The summed E-state index contributed by atoms with van der Waals surface area (Å²) in [5.74, 6) is 1.30. The van der Waals surface area contributed by atoms with Gasteiger partial charge >= 0.3 is 16.2 Å². The topological polar surface area (TPSA) is 80.2 Å². The molecule has 1 aromatic heterocycles. The predicted octanol–water partition coefficient (Wildman–Crippen LogP) is 4.92. The number of carbonyl (C=O) groups excluding carboxylic acids is 1. The van der Waals surface area contributed by atoms with Gasteiger partial charge in [-0.2, -0.15) is 8.42 Å². The zero-order valence-electron chi connectivity index (χ0n) is 18.7. The molecule has 1 heterocycles. The number of nitrogens with zero attached hydrogens (tertiary/aromatic N) is 1. The first-order valence-corrected chi connectivity index (χ1v) is 12.9. The second-order valence-electron chi connectivity index (χ2n) is 9.58. The number of amides is 2. The lowest BCUT2D eigenvalue weighted by Gasteiger charge is -2.16. The summed E-state index contributed by atoms with van der Waals surface area (Å²) in [6.45, 7) is 6.50. The van der Waals surface area contributed by atoms with Crippen molar-refractivity contribution in [3.63, 3.8) is 0 Å². The summed E-state index contributed by atoms with van der Waals surface area (Å²) in [5, 5.41) is 2.87. The van der Waals surface area contributed by atoms with Crippen LogP contribution in [0.1, 0.15) is 80.2 Å². The van der Waals surface area contributed by atoms with Gasteiger partial charge in [0.25, 0.3) is 0 Å². The molecule has 31 heavy (non-hydrogen) atoms. The van der Waals surface area contributed by atoms with Crippen LogP contribution in [0, 0.1) is 5.92 Å². The quantitative estimate of drug-likeness (QED) is 0.704. The maximum Gasteiger partial charge on any atom is 0.334 e. The molecular formula is C24H33N3O3S. The highest BCUT2D eigenvalue weighted by molar-refractivity contribution is 7.88. The fourth-order valence-electron chi connectivity index (χ4n) is 4.48. The molecule has 1 aromatic carbocycles. The van der Waals surface area contributed by atoms with Gasteiger partial charge < -0.3 is 5.32 Å². The third-order valence-electron chi connectivity index (χ3n) is 5.95. The number of hydrogen-bond donors (Lipinski definition) is 2. The summed E-state index contributed by atoms with van der Waals surface area (Å²) >= 11 is 0. The van der Waals surface area contributed by atoms with Gasteiger partial charge in [-0.15, -0.1) is 0 Å². The van der Waals surface area contributed by atoms with Crippen LogP contribution in [0.25, 0.3) is 0 Å². The molecule has 1 fully saturated rings. The number of aromatic nitrogens is 1. The van der Waals surface area contributed by atoms with E-state index in [1.807, 2.05) is 6.07 Å². The molecular weight excluding hydrogens is 410 g/mol. The monoisotopic (exact) mass is 443 g/mol. The van der Waals surface area contributed by atoms with Crippen molar-refractivity contribution in [1.29, 1.82) is 0 Å². The van der Waals surface area contributed by atoms with E-state index < -0.39 is 16.2 Å². The molecule has 0 radical (unpaired) electrons. The zero-order valence-corrected chi connectivity index (χ0v) is 19.5. The Hall–Kier alpha value is -2.28. The average molecular weight is 444 g/mol. The van der Waals surface area contributed by atoms with E-state index in [0.29, 0.717) is 5.92 Å². The Morgan fingerprint density at radius 1 is 1.03 bits per heavy atom. The van der Waals surface area contributed by atoms with Gasteiger partial charge in [-0.05, 0) is 97.1 Å². The summed E-state index contributed by atoms with van der Waals surface area (Å²) in [7, 11) is -3.94. The van der Waals surface area contributed by atoms with Crippen molar-refractivity contribution in [2.24, 2.45) is 5.92 Å². The van der Waals surface area contributed by atoms with Crippen LogP contribution in [0.4, 0.5) is 10.5 Å². The van der Waals surface area contributed by atoms with Crippen LogP contribution < -0.4 is 10.0 Å². The molecule has 3 aliphatic carbocycles. The van der Waals surface area contributed by atoms with E-state index in [9.17, 15) is 13.2 Å². The van der Waals surface area contributed by atoms with Crippen molar-refractivity contribution in [1.82, 2.24) is 8.69 Å². The second kappa shape index (κ2) is 8.69. The smallest absolute Gasteiger partial charge is 0.307 e. The summed E-state index contributed by atoms with van der Waals surface area (Å²) < 4.78 is 28.4. The average Bonchev–Trinajstić information content (AvgIpc) is 3.11. The fourth-order valence-corrected chi connectivity index (χ4v) is 5.35. The minimum atomic E-state index is -3.94. The van der Waals surface area contributed by atoms with Crippen molar-refractivity contribution in [2.75, 3.05) is 5.32 Å². The van der Waals surface area contributed by atoms with E-state index in [1.54, 1.807) is 6.20 Å². The summed E-state index contributed by atoms with van der Waals surface area (Å²) in [5.41, 5.74) is 6.82. The van der Waals surface area contributed by atoms with Gasteiger partial charge in [-0.25, -0.2) is 13.5 Å². The lowest BCUT2D eigenvalue weighted by Crippen LogP contribution is -2.38. The number of rotatable bonds is 4. The number of carbonyl (C=O) groups is 1. The largest absolute Gasteiger partial charge is 0.334 e. The summed E-state index contributed by atoms with van der Waals surface area (Å²) in [6.07, 6.45) is 11.4. The highest BCUT2D eigenvalue weighted by atomic mass is 32.2. The normalized spacial score (nSPS) is 17.0. The molecule has 1 saturated carbocycles. The van der Waals surface area contributed by atoms with Crippen molar-refractivity contribution in [3.8, 4) is 0 Å². The summed E-state index contributed by atoms with van der Waals surface area (Å²) in [6, 6.07) is 3.40. The van der Waals surface area contributed by atoms with E-state index in [2.05, 4.69) is 36.9 Å². The Kier molecular flexibility index (Phi) is 6.15. The molecule has 2 amide bonds. The van der Waals surface area contributed by atoms with Crippen LogP contribution in [-0.4, -0.2) is 18.4 Å². The highest BCUT2D eigenvalue weighted by Gasteiger charge is 2.28. The SMILES string of the molecule is CC(C)C.O=C(Nc1c2c(cc3c1CCC3)CCC2)NS(=O)(=O)n1ccc(C2CC2)c1. The van der Waals surface area contributed by atoms with Gasteiger partial charge in [0.1, 0.15) is 0 Å². The molecule has 7 heteroatoms. The Balaban J connectivity index is 0.000000535. The Morgan fingerprint density at radius 2 is 1.61 bits per heavy atom. The van der Waals surface area contributed by atoms with E-state index in [0.717, 1.165) is 72.5 Å². The molecule has 5 rings (SSSR count). The minimum Gasteiger partial charge on any atom is -0.307 e. The third-order valence-corrected chi connectivity index (χ3v) is 7.18. The lowest BCUT2D eigenvalue weighted by atomic mass is 9.99. The molecule has 0 bridgehead atoms. The number of hydrogen-bond acceptors (Lipinski definition) is 3. The number of urea groups is 1. The lowest BCUT2D eigenvalue weighted by molar-refractivity contribution is 0.256. The van der Waals surface area contributed by atoms with Crippen molar-refractivity contribution in [2.45, 2.75) is 78.1 Å². The first kappa shape index (κ1) is 21.9. The van der Waals surface area contributed by atoms with Gasteiger partial charge in [0.2, 0.25) is 0 Å². The molecule has 0 aliphatic heterocycles. The van der Waals surface area contributed by atoms with Gasteiger partial charge in [0.15, 0.2) is 0 Å². The Labute approximate surface area is 185 Å². The van der Waals surface area contributed by atoms with Crippen LogP contribution in [0.5, 0.6) is 0 Å². The zero-order chi connectivity index (χ0) is 22.2. The number of nitrogens with one attached hydrogen (secondary N) is 2. The first-order valence-electron chi connectivity index (χ1n) is 11.4. The molecule has 2 N–H and O–H groups in total. The van der Waals surface area contributed by atoms with Gasteiger partial charge in [-0.3, -0.25) is 0 Å². The predicted molar refractivity (Wildman–Crippen MR) is 124 cm³/mol. The van der Waals surface area contributed by atoms with E-state index >= 15 is 0 Å². The molecule has 6 nitrogen and oxygen atoms in total. The molecule has 0 spiro atoms. The van der Waals surface area contributed by atoms with Gasteiger partial charge in [0.05, 0.1) is 0 Å². The van der Waals surface area contributed by atoms with E-state index in [1.165, 1.54) is 28.5 Å². The van der Waals surface area contributed by atoms with Crippen LogP contribution in [-0.2, 0) is 35.9 Å². The second-order valence-corrected chi connectivity index (χ2v) is 11.2. The fraction of sp³-hybridized carbons (Fsp3) is 0.542. The number of anilines is 1. The van der Waals surface area contributed by atoms with Crippen molar-refractivity contribution in [3.05, 3.63) is 52.3 Å². The maximum atomic E-state index is 12.5. The standard InChI is InChI=1S/C20H23N3O3S.C4H10/c24-20(22-27(25,26)23-10-9-16(12-23)13-7-8-13)21-19-17-5-1-3-14(17)11-15-4-2-6-18(15)19;1-4(2)3/h9-13H,1-8H2,(H2,21,22,24);4H,1-3H3. The van der Waals surface area contributed by atoms with Crippen LogP contribution in [0.3, 0.4) is 0 Å². The molecule has 2 aromatic rings. The van der Waals surface area contributed by atoms with Gasteiger partial charge in [0, 0.05) is 18.1 Å². The van der Waals surface area contributed by atoms with Crippen molar-refractivity contribution >= 4 is 21.9 Å². The maximum absolute atomic E-state index is 12.5. The molecule has 168 valence electrons. The Bertz CT molecular complexity index is 1050. The number of aryl methyl sites for hydroxylation is 2. The molecule has 0 unspecified atom stereocenters. The third kappa shape index (κ3) is 4.97. The van der Waals surface area contributed by atoms with E-state index in [4.69, 9.17) is 0 Å². The van der Waals surface area contributed by atoms with Gasteiger partial charge in [-0.1, -0.05) is 26.8 Å². The highest BCUT2D eigenvalue weighted by Crippen LogP contribution is 2.40. The number of fused-ring (bicyclic) bond motifs is 2.